The van der Waals surface area contributed by atoms with E-state index in [1.807, 2.05) is 74.2 Å². The van der Waals surface area contributed by atoms with Crippen LogP contribution in [-0.2, 0) is 16.1 Å². The first-order chi connectivity index (χ1) is 12.9. The number of hydrogen-bond donors (Lipinski definition) is 0. The van der Waals surface area contributed by atoms with Gasteiger partial charge in [0.15, 0.2) is 0 Å². The molecule has 0 saturated heterocycles. The number of Topliss-reactive ketones (excluding diaryl/α,β-unsaturated/α-hetero) is 1. The van der Waals surface area contributed by atoms with Crippen molar-refractivity contribution in [1.82, 2.24) is 0 Å². The minimum absolute atomic E-state index is 0.0302. The lowest BCUT2D eigenvalue weighted by Crippen LogP contribution is -2.32. The van der Waals surface area contributed by atoms with Crippen molar-refractivity contribution >= 4 is 17.4 Å². The standard InChI is InChI=1S/C24H25NO2/c1-24(2,3)22(26)13-8-14-23(27)25-17-20-11-5-4-9-18(20)15-16-19-10-6-7-12-21(19)25/h4-7,9-12H,8,13-14,17H2,1-3H3. The number of carbonyl (C=O) groups excluding carboxylic acids is 2. The fraction of sp³-hybridized carbons (Fsp3) is 0.333. The van der Waals surface area contributed by atoms with Crippen LogP contribution >= 0.6 is 0 Å². The van der Waals surface area contributed by atoms with Crippen LogP contribution in [0.5, 0.6) is 0 Å². The Balaban J connectivity index is 1.83. The summed E-state index contributed by atoms with van der Waals surface area (Å²) in [5.74, 6) is 6.65. The Morgan fingerprint density at radius 1 is 0.926 bits per heavy atom. The van der Waals surface area contributed by atoms with Crippen molar-refractivity contribution in [3.8, 4) is 11.8 Å². The Morgan fingerprint density at radius 2 is 1.56 bits per heavy atom. The van der Waals surface area contributed by atoms with Crippen molar-refractivity contribution in [3.05, 3.63) is 65.2 Å². The van der Waals surface area contributed by atoms with E-state index in [9.17, 15) is 9.59 Å². The van der Waals surface area contributed by atoms with Crippen LogP contribution in [0.25, 0.3) is 0 Å². The lowest BCUT2D eigenvalue weighted by molar-refractivity contribution is -0.126. The van der Waals surface area contributed by atoms with E-state index in [2.05, 4.69) is 11.8 Å². The summed E-state index contributed by atoms with van der Waals surface area (Å²) in [6, 6.07) is 15.7. The van der Waals surface area contributed by atoms with E-state index in [1.54, 1.807) is 0 Å². The van der Waals surface area contributed by atoms with Gasteiger partial charge in [-0.15, -0.1) is 0 Å². The van der Waals surface area contributed by atoms with Gasteiger partial charge in [-0.25, -0.2) is 0 Å². The van der Waals surface area contributed by atoms with Crippen LogP contribution in [0.3, 0.4) is 0 Å². The van der Waals surface area contributed by atoms with E-state index in [1.165, 1.54) is 0 Å². The highest BCUT2D eigenvalue weighted by molar-refractivity contribution is 5.95. The molecule has 27 heavy (non-hydrogen) atoms. The fourth-order valence-corrected chi connectivity index (χ4v) is 3.12. The normalized spacial score (nSPS) is 12.8. The minimum Gasteiger partial charge on any atom is -0.307 e. The number of nitrogens with zero attached hydrogens (tertiary/aromatic N) is 1. The summed E-state index contributed by atoms with van der Waals surface area (Å²) in [5.41, 5.74) is 3.33. The molecule has 1 aliphatic heterocycles. The molecule has 3 rings (SSSR count). The van der Waals surface area contributed by atoms with Crippen LogP contribution in [0.15, 0.2) is 48.5 Å². The van der Waals surface area contributed by atoms with Crippen molar-refractivity contribution in [1.29, 1.82) is 0 Å². The Kier molecular flexibility index (Phi) is 5.46. The third-order valence-corrected chi connectivity index (χ3v) is 4.80. The lowest BCUT2D eigenvalue weighted by atomic mass is 9.88. The molecule has 0 saturated carbocycles. The number of fused-ring (bicyclic) bond motifs is 2. The number of para-hydroxylation sites is 1. The third kappa shape index (κ3) is 4.46. The van der Waals surface area contributed by atoms with Crippen LogP contribution in [0.4, 0.5) is 5.69 Å². The second kappa shape index (κ2) is 7.80. The Hall–Kier alpha value is -2.86. The minimum atomic E-state index is -0.356. The second-order valence-electron chi connectivity index (χ2n) is 7.93. The van der Waals surface area contributed by atoms with Gasteiger partial charge in [0, 0.05) is 29.4 Å². The first-order valence-electron chi connectivity index (χ1n) is 9.39. The highest BCUT2D eigenvalue weighted by atomic mass is 16.2. The first-order valence-corrected chi connectivity index (χ1v) is 9.39. The summed E-state index contributed by atoms with van der Waals surface area (Å²) in [6.07, 6.45) is 1.35. The molecular formula is C24H25NO2. The monoisotopic (exact) mass is 359 g/mol. The van der Waals surface area contributed by atoms with Crippen LogP contribution in [0.1, 0.15) is 56.7 Å². The third-order valence-electron chi connectivity index (χ3n) is 4.80. The van der Waals surface area contributed by atoms with E-state index in [0.717, 1.165) is 22.4 Å². The molecule has 0 bridgehead atoms. The number of anilines is 1. The molecule has 0 spiro atoms. The maximum Gasteiger partial charge on any atom is 0.227 e. The van der Waals surface area contributed by atoms with Crippen LogP contribution < -0.4 is 4.90 Å². The molecule has 0 unspecified atom stereocenters. The number of hydrogen-bond acceptors (Lipinski definition) is 2. The maximum absolute atomic E-state index is 13.0. The van der Waals surface area contributed by atoms with E-state index in [-0.39, 0.29) is 17.1 Å². The molecule has 3 heteroatoms. The molecule has 0 aliphatic carbocycles. The van der Waals surface area contributed by atoms with Gasteiger partial charge in [-0.1, -0.05) is 62.9 Å². The Labute approximate surface area is 161 Å². The van der Waals surface area contributed by atoms with Crippen molar-refractivity contribution in [2.75, 3.05) is 4.90 Å². The van der Waals surface area contributed by atoms with E-state index < -0.39 is 0 Å². The van der Waals surface area contributed by atoms with Gasteiger partial charge in [-0.3, -0.25) is 9.59 Å². The number of amides is 1. The van der Waals surface area contributed by atoms with Gasteiger partial charge in [-0.05, 0) is 30.2 Å². The molecule has 1 heterocycles. The summed E-state index contributed by atoms with van der Waals surface area (Å²) in [4.78, 5) is 27.0. The Morgan fingerprint density at radius 3 is 2.30 bits per heavy atom. The molecule has 0 fully saturated rings. The van der Waals surface area contributed by atoms with Gasteiger partial charge >= 0.3 is 0 Å². The fourth-order valence-electron chi connectivity index (χ4n) is 3.12. The van der Waals surface area contributed by atoms with Gasteiger partial charge in [0.05, 0.1) is 12.2 Å². The summed E-state index contributed by atoms with van der Waals surface area (Å²) in [5, 5.41) is 0. The molecule has 0 N–H and O–H groups in total. The number of carbonyl (C=O) groups is 2. The summed E-state index contributed by atoms with van der Waals surface area (Å²) in [6.45, 7) is 6.25. The van der Waals surface area contributed by atoms with Gasteiger partial charge in [-0.2, -0.15) is 0 Å². The maximum atomic E-state index is 13.0. The highest BCUT2D eigenvalue weighted by Gasteiger charge is 2.23. The number of benzene rings is 2. The first kappa shape index (κ1) is 18.9. The summed E-state index contributed by atoms with van der Waals surface area (Å²) >= 11 is 0. The Bertz CT molecular complexity index is 925. The molecule has 138 valence electrons. The van der Waals surface area contributed by atoms with Crippen LogP contribution in [-0.4, -0.2) is 11.7 Å². The zero-order chi connectivity index (χ0) is 19.4. The van der Waals surface area contributed by atoms with Crippen molar-refractivity contribution in [3.63, 3.8) is 0 Å². The van der Waals surface area contributed by atoms with E-state index in [4.69, 9.17) is 0 Å². The zero-order valence-electron chi connectivity index (χ0n) is 16.2. The van der Waals surface area contributed by atoms with E-state index in [0.29, 0.717) is 25.8 Å². The van der Waals surface area contributed by atoms with Gasteiger partial charge in [0.1, 0.15) is 5.78 Å². The molecule has 2 aromatic rings. The molecule has 0 radical (unpaired) electrons. The number of ketones is 1. The topological polar surface area (TPSA) is 37.4 Å². The average molecular weight is 359 g/mol. The SMILES string of the molecule is CC(C)(C)C(=O)CCCC(=O)N1Cc2ccccc2C#Cc2ccccc21. The van der Waals surface area contributed by atoms with E-state index >= 15 is 0 Å². The lowest BCUT2D eigenvalue weighted by Gasteiger charge is -2.26. The predicted octanol–water partition coefficient (Wildman–Crippen LogP) is 4.72. The molecule has 2 aromatic carbocycles. The molecule has 0 aromatic heterocycles. The van der Waals surface area contributed by atoms with Crippen molar-refractivity contribution < 1.29 is 9.59 Å². The summed E-state index contributed by atoms with van der Waals surface area (Å²) < 4.78 is 0. The average Bonchev–Trinajstić information content (AvgIpc) is 2.62. The second-order valence-corrected chi connectivity index (χ2v) is 7.93. The van der Waals surface area contributed by atoms with Crippen molar-refractivity contribution in [2.24, 2.45) is 5.41 Å². The molecule has 3 nitrogen and oxygen atoms in total. The smallest absolute Gasteiger partial charge is 0.227 e. The summed E-state index contributed by atoms with van der Waals surface area (Å²) in [7, 11) is 0. The zero-order valence-corrected chi connectivity index (χ0v) is 16.2. The molecule has 0 atom stereocenters. The quantitative estimate of drug-likeness (QED) is 0.741. The van der Waals surface area contributed by atoms with Gasteiger partial charge in [0.2, 0.25) is 5.91 Å². The van der Waals surface area contributed by atoms with Crippen LogP contribution in [0, 0.1) is 17.3 Å². The molecular weight excluding hydrogens is 334 g/mol. The van der Waals surface area contributed by atoms with Crippen LogP contribution in [0.2, 0.25) is 0 Å². The molecule has 1 amide bonds. The molecule has 1 aliphatic rings. The van der Waals surface area contributed by atoms with Crippen molar-refractivity contribution in [2.45, 2.75) is 46.6 Å². The van der Waals surface area contributed by atoms with Gasteiger partial charge in [0.25, 0.3) is 0 Å². The largest absolute Gasteiger partial charge is 0.307 e. The highest BCUT2D eigenvalue weighted by Crippen LogP contribution is 2.26. The van der Waals surface area contributed by atoms with Gasteiger partial charge < -0.3 is 4.90 Å². The number of rotatable bonds is 4. The predicted molar refractivity (Wildman–Crippen MR) is 108 cm³/mol.